The van der Waals surface area contributed by atoms with Crippen LogP contribution >= 0.6 is 0 Å². The molecule has 3 aliphatic rings. The van der Waals surface area contributed by atoms with Gasteiger partial charge >= 0.3 is 0 Å². The number of hydrogen-bond acceptors (Lipinski definition) is 5. The Bertz CT molecular complexity index is 1110. The first-order chi connectivity index (χ1) is 14.4. The maximum Gasteiger partial charge on any atom is 0.191 e. The number of aliphatic imine (C=N–C) groups is 1. The maximum absolute atomic E-state index is 14.1. The van der Waals surface area contributed by atoms with Gasteiger partial charge < -0.3 is 15.4 Å². The average molecular weight is 404 g/mol. The van der Waals surface area contributed by atoms with Crippen LogP contribution in [0.4, 0.5) is 4.39 Å². The number of likely N-dealkylation sites (N-methyl/N-ethyl adjacent to an activating group) is 1. The molecule has 154 valence electrons. The van der Waals surface area contributed by atoms with Gasteiger partial charge in [0.05, 0.1) is 23.3 Å². The molecule has 0 amide bonds. The molecule has 0 spiro atoms. The number of nitrogens with zero attached hydrogens (tertiary/aromatic N) is 3. The number of rotatable bonds is 2. The molecule has 0 saturated heterocycles. The first kappa shape index (κ1) is 19.1. The van der Waals surface area contributed by atoms with E-state index >= 15 is 0 Å². The molecule has 2 aliphatic carbocycles. The van der Waals surface area contributed by atoms with Crippen LogP contribution in [0.1, 0.15) is 36.0 Å². The zero-order valence-corrected chi connectivity index (χ0v) is 17.3. The van der Waals surface area contributed by atoms with Crippen molar-refractivity contribution in [1.82, 2.24) is 4.90 Å². The lowest BCUT2D eigenvalue weighted by molar-refractivity contribution is -0.00294. The van der Waals surface area contributed by atoms with Crippen molar-refractivity contribution in [3.05, 3.63) is 58.9 Å². The maximum atomic E-state index is 14.1. The normalized spacial score (nSPS) is 29.5. The van der Waals surface area contributed by atoms with Gasteiger partial charge in [-0.3, -0.25) is 0 Å². The molecule has 1 fully saturated rings. The summed E-state index contributed by atoms with van der Waals surface area (Å²) in [4.78, 5) is 7.09. The summed E-state index contributed by atoms with van der Waals surface area (Å²) in [7, 11) is 3.77. The summed E-state index contributed by atoms with van der Waals surface area (Å²) in [5.74, 6) is 0.197. The van der Waals surface area contributed by atoms with E-state index in [2.05, 4.69) is 12.1 Å². The topological polar surface area (TPSA) is 74.6 Å². The molecule has 2 aromatic carbocycles. The van der Waals surface area contributed by atoms with Crippen molar-refractivity contribution in [2.75, 3.05) is 20.7 Å². The first-order valence-corrected chi connectivity index (χ1v) is 10.3. The van der Waals surface area contributed by atoms with Crippen LogP contribution in [0.3, 0.4) is 0 Å². The largest absolute Gasteiger partial charge is 0.381 e. The number of nitrogens with two attached hydrogens (primary N) is 1. The van der Waals surface area contributed by atoms with E-state index in [1.165, 1.54) is 23.3 Å². The minimum Gasteiger partial charge on any atom is -0.381 e. The van der Waals surface area contributed by atoms with Crippen LogP contribution in [0, 0.1) is 17.1 Å². The lowest BCUT2D eigenvalue weighted by atomic mass is 9.59. The monoisotopic (exact) mass is 404 g/mol. The molecule has 1 aliphatic heterocycles. The van der Waals surface area contributed by atoms with Gasteiger partial charge in [-0.15, -0.1) is 0 Å². The molecule has 0 bridgehead atoms. The second kappa shape index (κ2) is 6.55. The molecule has 30 heavy (non-hydrogen) atoms. The molecule has 2 N–H and O–H groups in total. The number of guanidine groups is 1. The first-order valence-electron chi connectivity index (χ1n) is 10.3. The third kappa shape index (κ3) is 2.58. The van der Waals surface area contributed by atoms with Gasteiger partial charge in [0.25, 0.3) is 0 Å². The summed E-state index contributed by atoms with van der Waals surface area (Å²) in [6.45, 7) is 0.783. The average Bonchev–Trinajstić information content (AvgIpc) is 3.02. The van der Waals surface area contributed by atoms with Gasteiger partial charge in [-0.25, -0.2) is 9.38 Å². The molecule has 5 nitrogen and oxygen atoms in total. The molecule has 5 rings (SSSR count). The molecule has 0 radical (unpaired) electrons. The molecule has 6 heteroatoms. The second-order valence-electron chi connectivity index (χ2n) is 8.93. The van der Waals surface area contributed by atoms with Crippen molar-refractivity contribution in [3.63, 3.8) is 0 Å². The zero-order chi connectivity index (χ0) is 21.1. The van der Waals surface area contributed by atoms with Crippen LogP contribution in [0.5, 0.6) is 0 Å². The highest BCUT2D eigenvalue weighted by molar-refractivity contribution is 5.81. The lowest BCUT2D eigenvalue weighted by Gasteiger charge is -2.54. The van der Waals surface area contributed by atoms with Gasteiger partial charge in [0, 0.05) is 26.1 Å². The van der Waals surface area contributed by atoms with E-state index in [9.17, 15) is 9.65 Å². The second-order valence-corrected chi connectivity index (χ2v) is 8.93. The highest BCUT2D eigenvalue weighted by Crippen LogP contribution is 2.58. The third-order valence-corrected chi connectivity index (χ3v) is 7.38. The number of benzene rings is 2. The van der Waals surface area contributed by atoms with Gasteiger partial charge in [-0.05, 0) is 66.1 Å². The fourth-order valence-corrected chi connectivity index (χ4v) is 5.92. The van der Waals surface area contributed by atoms with E-state index in [-0.39, 0.29) is 17.1 Å². The van der Waals surface area contributed by atoms with Crippen LogP contribution in [0.2, 0.25) is 0 Å². The molecule has 0 aromatic heterocycles. The summed E-state index contributed by atoms with van der Waals surface area (Å²) in [6, 6.07) is 12.9. The molecular weight excluding hydrogens is 379 g/mol. The van der Waals surface area contributed by atoms with E-state index in [4.69, 9.17) is 15.5 Å². The summed E-state index contributed by atoms with van der Waals surface area (Å²) in [6.07, 6.45) is 3.82. The summed E-state index contributed by atoms with van der Waals surface area (Å²) >= 11 is 0. The summed E-state index contributed by atoms with van der Waals surface area (Å²) in [5, 5.41) is 9.24. The molecule has 3 unspecified atom stereocenters. The van der Waals surface area contributed by atoms with Crippen molar-refractivity contribution in [3.8, 4) is 17.2 Å². The smallest absolute Gasteiger partial charge is 0.191 e. The molecule has 1 heterocycles. The molecule has 1 saturated carbocycles. The molecule has 3 atom stereocenters. The highest BCUT2D eigenvalue weighted by atomic mass is 19.1. The molecule has 2 aromatic rings. The number of nitriles is 1. The minimum atomic E-state index is -0.399. The fourth-order valence-electron chi connectivity index (χ4n) is 5.92. The Labute approximate surface area is 176 Å². The third-order valence-electron chi connectivity index (χ3n) is 7.38. The predicted octanol–water partition coefficient (Wildman–Crippen LogP) is 3.36. The summed E-state index contributed by atoms with van der Waals surface area (Å²) in [5.41, 5.74) is 10.3. The van der Waals surface area contributed by atoms with Crippen LogP contribution in [0.25, 0.3) is 11.1 Å². The summed E-state index contributed by atoms with van der Waals surface area (Å²) < 4.78 is 19.9. The number of methoxy groups -OCH3 is 1. The van der Waals surface area contributed by atoms with Crippen molar-refractivity contribution >= 4 is 5.96 Å². The van der Waals surface area contributed by atoms with Gasteiger partial charge in [0.1, 0.15) is 5.82 Å². The lowest BCUT2D eigenvalue weighted by Crippen LogP contribution is -2.63. The Hall–Kier alpha value is -2.91. The van der Waals surface area contributed by atoms with E-state index < -0.39 is 5.82 Å². The quantitative estimate of drug-likeness (QED) is 0.833. The van der Waals surface area contributed by atoms with Crippen LogP contribution in [-0.2, 0) is 16.6 Å². The van der Waals surface area contributed by atoms with Crippen LogP contribution in [0.15, 0.2) is 41.4 Å². The van der Waals surface area contributed by atoms with Crippen molar-refractivity contribution in [1.29, 1.82) is 5.26 Å². The Morgan fingerprint density at radius 2 is 2.10 bits per heavy atom. The van der Waals surface area contributed by atoms with Crippen molar-refractivity contribution in [2.45, 2.75) is 42.7 Å². The van der Waals surface area contributed by atoms with Gasteiger partial charge in [-0.2, -0.15) is 5.26 Å². The minimum absolute atomic E-state index is 0.176. The molecular formula is C24H25FN4O. The fraction of sp³-hybridized carbons (Fsp3) is 0.417. The number of fused-ring (bicyclic) bond motifs is 1. The van der Waals surface area contributed by atoms with Crippen LogP contribution < -0.4 is 5.73 Å². The Morgan fingerprint density at radius 1 is 1.27 bits per heavy atom. The standard InChI is InChI=1S/C24H25FN4O/c1-29-14-23-12-20(30-2)5-6-24(23,28-22(29)27)11-17-4-3-16(10-21(17)23)18-7-15(13-26)8-19(25)9-18/h3-4,7-10,20H,5-6,11-12,14H2,1-2H3,(H2,27,28). The Morgan fingerprint density at radius 3 is 2.87 bits per heavy atom. The zero-order valence-electron chi connectivity index (χ0n) is 17.3. The number of hydrogen-bond donors (Lipinski definition) is 1. The van der Waals surface area contributed by atoms with E-state index in [1.807, 2.05) is 24.1 Å². The van der Waals surface area contributed by atoms with Gasteiger partial charge in [-0.1, -0.05) is 18.2 Å². The van der Waals surface area contributed by atoms with Crippen LogP contribution in [-0.4, -0.2) is 43.2 Å². The predicted molar refractivity (Wildman–Crippen MR) is 114 cm³/mol. The van der Waals surface area contributed by atoms with E-state index in [1.54, 1.807) is 13.2 Å². The van der Waals surface area contributed by atoms with E-state index in [0.29, 0.717) is 11.5 Å². The van der Waals surface area contributed by atoms with Crippen molar-refractivity contribution in [2.24, 2.45) is 10.7 Å². The Balaban J connectivity index is 1.68. The Kier molecular flexibility index (Phi) is 4.16. The SMILES string of the molecule is COC1CCC23Cc4ccc(-c5cc(F)cc(C#N)c5)cc4C2(C1)CN(C)C(N)=N3. The highest BCUT2D eigenvalue weighted by Gasteiger charge is 2.62. The number of ether oxygens (including phenoxy) is 1. The van der Waals surface area contributed by atoms with Crippen molar-refractivity contribution < 1.29 is 9.13 Å². The number of halogens is 1. The van der Waals surface area contributed by atoms with Gasteiger partial charge in [0.2, 0.25) is 0 Å². The van der Waals surface area contributed by atoms with E-state index in [0.717, 1.165) is 43.4 Å². The van der Waals surface area contributed by atoms with Gasteiger partial charge in [0.15, 0.2) is 5.96 Å².